The fourth-order valence-electron chi connectivity index (χ4n) is 1.33. The van der Waals surface area contributed by atoms with Crippen LogP contribution in [-0.2, 0) is 10.5 Å². The number of hydrogen-bond acceptors (Lipinski definition) is 4. The van der Waals surface area contributed by atoms with Crippen LogP contribution < -0.4 is 0 Å². The molecule has 1 amide bonds. The normalized spacial score (nSPS) is 11.9. The molecule has 17 heavy (non-hydrogen) atoms. The Kier molecular flexibility index (Phi) is 5.69. The van der Waals surface area contributed by atoms with E-state index in [9.17, 15) is 9.70 Å². The third-order valence-electron chi connectivity index (χ3n) is 2.34. The zero-order valence-corrected chi connectivity index (χ0v) is 10.8. The van der Waals surface area contributed by atoms with Crippen molar-refractivity contribution in [2.45, 2.75) is 17.9 Å². The van der Waals surface area contributed by atoms with Crippen molar-refractivity contribution in [2.75, 3.05) is 13.7 Å². The third-order valence-corrected chi connectivity index (χ3v) is 3.54. The summed E-state index contributed by atoms with van der Waals surface area (Å²) in [6.45, 7) is 1.76. The van der Waals surface area contributed by atoms with E-state index in [0.29, 0.717) is 0 Å². The summed E-state index contributed by atoms with van der Waals surface area (Å²) in [6.07, 6.45) is 0. The van der Waals surface area contributed by atoms with E-state index in [2.05, 4.69) is 5.18 Å². The van der Waals surface area contributed by atoms with Crippen LogP contribution in [0.3, 0.4) is 0 Å². The van der Waals surface area contributed by atoms with E-state index in [1.165, 1.54) is 10.5 Å². The minimum absolute atomic E-state index is 0.0643. The van der Waals surface area contributed by atoms with Gasteiger partial charge in [0, 0.05) is 12.8 Å². The summed E-state index contributed by atoms with van der Waals surface area (Å²) in [5.74, 6) is 0.723. The van der Waals surface area contributed by atoms with Gasteiger partial charge < -0.3 is 4.90 Å². The minimum Gasteiger partial charge on any atom is -0.322 e. The van der Waals surface area contributed by atoms with Crippen molar-refractivity contribution in [2.24, 2.45) is 5.18 Å². The van der Waals surface area contributed by atoms with Crippen molar-refractivity contribution in [3.8, 4) is 0 Å². The Balaban J connectivity index is 2.41. The van der Waals surface area contributed by atoms with Gasteiger partial charge in [-0.25, -0.2) is 0 Å². The fourth-order valence-corrected chi connectivity index (χ4v) is 2.29. The number of nitroso groups, excluding NO2 is 1. The number of carbonyl (C=O) groups excluding carboxylic acids is 1. The molecular weight excluding hydrogens is 236 g/mol. The third kappa shape index (κ3) is 4.56. The van der Waals surface area contributed by atoms with Gasteiger partial charge in [-0.05, 0) is 17.7 Å². The topological polar surface area (TPSA) is 49.7 Å². The van der Waals surface area contributed by atoms with Gasteiger partial charge in [-0.3, -0.25) is 4.79 Å². The summed E-state index contributed by atoms with van der Waals surface area (Å²) in [5.41, 5.74) is 1.19. The molecule has 0 aliphatic rings. The molecule has 0 bridgehead atoms. The molecule has 0 aliphatic carbocycles. The lowest BCUT2D eigenvalue weighted by molar-refractivity contribution is -0.128. The maximum atomic E-state index is 11.8. The van der Waals surface area contributed by atoms with Crippen LogP contribution in [0.15, 0.2) is 35.5 Å². The van der Waals surface area contributed by atoms with Crippen LogP contribution in [0.5, 0.6) is 0 Å². The van der Waals surface area contributed by atoms with Gasteiger partial charge in [-0.15, -0.1) is 16.7 Å². The molecule has 5 heteroatoms. The molecule has 0 saturated carbocycles. The second-order valence-corrected chi connectivity index (χ2v) is 5.07. The molecule has 4 nitrogen and oxygen atoms in total. The Morgan fingerprint density at radius 2 is 2.06 bits per heavy atom. The lowest BCUT2D eigenvalue weighted by atomic mass is 10.2. The average molecular weight is 252 g/mol. The number of hydrogen-bond donors (Lipinski definition) is 0. The first-order valence-electron chi connectivity index (χ1n) is 5.34. The summed E-state index contributed by atoms with van der Waals surface area (Å²) >= 11 is 1.56. The minimum atomic E-state index is -0.165. The van der Waals surface area contributed by atoms with Gasteiger partial charge in [0.05, 0.1) is 5.25 Å². The molecular formula is C12H16N2O2S. The Labute approximate surface area is 105 Å². The van der Waals surface area contributed by atoms with E-state index in [4.69, 9.17) is 0 Å². The van der Waals surface area contributed by atoms with Crippen LogP contribution >= 0.6 is 11.8 Å². The molecule has 0 N–H and O–H groups in total. The van der Waals surface area contributed by atoms with Gasteiger partial charge in [0.25, 0.3) is 0 Å². The molecule has 0 fully saturated rings. The summed E-state index contributed by atoms with van der Waals surface area (Å²) in [4.78, 5) is 23.2. The van der Waals surface area contributed by atoms with Gasteiger partial charge >= 0.3 is 0 Å². The molecule has 1 rings (SSSR count). The fraction of sp³-hybridized carbons (Fsp3) is 0.417. The number of amides is 1. The quantitative estimate of drug-likeness (QED) is 0.731. The van der Waals surface area contributed by atoms with Crippen LogP contribution in [0.4, 0.5) is 0 Å². The summed E-state index contributed by atoms with van der Waals surface area (Å²) in [7, 11) is 1.59. The molecule has 0 radical (unpaired) electrons. The van der Waals surface area contributed by atoms with E-state index in [-0.39, 0.29) is 17.8 Å². The Bertz CT molecular complexity index is 370. The largest absolute Gasteiger partial charge is 0.322 e. The summed E-state index contributed by atoms with van der Waals surface area (Å²) in [5, 5.41) is 2.54. The van der Waals surface area contributed by atoms with Crippen molar-refractivity contribution >= 4 is 17.7 Å². The molecule has 0 aliphatic heterocycles. The SMILES string of the molecule is CC(SCc1ccccc1)C(=O)N(C)CN=O. The molecule has 0 aromatic heterocycles. The van der Waals surface area contributed by atoms with Gasteiger partial charge in [0.15, 0.2) is 6.67 Å². The van der Waals surface area contributed by atoms with E-state index < -0.39 is 0 Å². The summed E-state index contributed by atoms with van der Waals surface area (Å²) in [6, 6.07) is 9.98. The monoisotopic (exact) mass is 252 g/mol. The second kappa shape index (κ2) is 7.06. The van der Waals surface area contributed by atoms with Crippen molar-refractivity contribution in [3.05, 3.63) is 40.8 Å². The van der Waals surface area contributed by atoms with Crippen LogP contribution in [0.2, 0.25) is 0 Å². The van der Waals surface area contributed by atoms with Crippen molar-refractivity contribution in [3.63, 3.8) is 0 Å². The summed E-state index contributed by atoms with van der Waals surface area (Å²) < 4.78 is 0. The Morgan fingerprint density at radius 1 is 1.41 bits per heavy atom. The maximum absolute atomic E-state index is 11.8. The number of carbonyl (C=O) groups is 1. The molecule has 0 heterocycles. The number of rotatable bonds is 6. The molecule has 1 atom stereocenters. The average Bonchev–Trinajstić information content (AvgIpc) is 2.36. The van der Waals surface area contributed by atoms with Crippen molar-refractivity contribution in [1.29, 1.82) is 0 Å². The van der Waals surface area contributed by atoms with Gasteiger partial charge in [-0.2, -0.15) is 0 Å². The highest BCUT2D eigenvalue weighted by Crippen LogP contribution is 2.18. The van der Waals surface area contributed by atoms with E-state index in [1.807, 2.05) is 37.3 Å². The van der Waals surface area contributed by atoms with E-state index >= 15 is 0 Å². The molecule has 1 aromatic carbocycles. The van der Waals surface area contributed by atoms with Crippen LogP contribution in [-0.4, -0.2) is 29.8 Å². The van der Waals surface area contributed by atoms with E-state index in [1.54, 1.807) is 18.8 Å². The highest BCUT2D eigenvalue weighted by molar-refractivity contribution is 7.99. The zero-order valence-electron chi connectivity index (χ0n) is 10.00. The van der Waals surface area contributed by atoms with Crippen LogP contribution in [0.25, 0.3) is 0 Å². The molecule has 0 saturated heterocycles. The van der Waals surface area contributed by atoms with Crippen LogP contribution in [0, 0.1) is 4.91 Å². The maximum Gasteiger partial charge on any atom is 0.236 e. The predicted molar refractivity (Wildman–Crippen MR) is 70.6 cm³/mol. The van der Waals surface area contributed by atoms with Gasteiger partial charge in [0.2, 0.25) is 5.91 Å². The molecule has 1 unspecified atom stereocenters. The van der Waals surface area contributed by atoms with Gasteiger partial charge in [0.1, 0.15) is 0 Å². The highest BCUT2D eigenvalue weighted by Gasteiger charge is 2.17. The second-order valence-electron chi connectivity index (χ2n) is 3.75. The first-order valence-corrected chi connectivity index (χ1v) is 6.39. The smallest absolute Gasteiger partial charge is 0.236 e. The van der Waals surface area contributed by atoms with Crippen LogP contribution in [0.1, 0.15) is 12.5 Å². The molecule has 0 spiro atoms. The lowest BCUT2D eigenvalue weighted by Crippen LogP contribution is -2.33. The van der Waals surface area contributed by atoms with E-state index in [0.717, 1.165) is 5.75 Å². The molecule has 1 aromatic rings. The first-order chi connectivity index (χ1) is 8.15. The van der Waals surface area contributed by atoms with Crippen molar-refractivity contribution in [1.82, 2.24) is 4.90 Å². The predicted octanol–water partition coefficient (Wildman–Crippen LogP) is 2.49. The lowest BCUT2D eigenvalue weighted by Gasteiger charge is -2.17. The number of benzene rings is 1. The Hall–Kier alpha value is -1.36. The first kappa shape index (κ1) is 13.7. The Morgan fingerprint density at radius 3 is 2.65 bits per heavy atom. The van der Waals surface area contributed by atoms with Gasteiger partial charge in [-0.1, -0.05) is 30.3 Å². The van der Waals surface area contributed by atoms with Crippen molar-refractivity contribution < 1.29 is 4.79 Å². The standard InChI is InChI=1S/C12H16N2O2S/c1-10(12(15)14(2)9-13-16)17-8-11-6-4-3-5-7-11/h3-7,10H,8-9H2,1-2H3. The number of nitrogens with zero attached hydrogens (tertiary/aromatic N) is 2. The number of thioether (sulfide) groups is 1. The zero-order chi connectivity index (χ0) is 12.7. The molecule has 92 valence electrons. The highest BCUT2D eigenvalue weighted by atomic mass is 32.2.